The van der Waals surface area contributed by atoms with Gasteiger partial charge in [0.05, 0.1) is 6.10 Å². The van der Waals surface area contributed by atoms with Crippen LogP contribution in [-0.4, -0.2) is 33.8 Å². The lowest BCUT2D eigenvalue weighted by molar-refractivity contribution is 0.127. The second kappa shape index (κ2) is 8.24. The standard InChI is InChI=1S/C21H18N2O3S/c24-17(13-25-19-12-6-10-15-7-4-5-11-18(15)19)14-27-21-23-22-20(26-21)16-8-2-1-3-9-16/h1-12,17,24H,13-14H2/t17-/m1/s1. The lowest BCUT2D eigenvalue weighted by Gasteiger charge is -2.13. The van der Waals surface area contributed by atoms with Gasteiger partial charge in [-0.15, -0.1) is 10.2 Å². The number of aliphatic hydroxyl groups excluding tert-OH is 1. The number of nitrogens with zero attached hydrogens (tertiary/aromatic N) is 2. The summed E-state index contributed by atoms with van der Waals surface area (Å²) in [7, 11) is 0. The highest BCUT2D eigenvalue weighted by atomic mass is 32.2. The molecule has 6 heteroatoms. The third kappa shape index (κ3) is 4.30. The van der Waals surface area contributed by atoms with Crippen LogP contribution in [-0.2, 0) is 0 Å². The van der Waals surface area contributed by atoms with Gasteiger partial charge in [-0.1, -0.05) is 66.4 Å². The van der Waals surface area contributed by atoms with Gasteiger partial charge in [-0.05, 0) is 23.6 Å². The van der Waals surface area contributed by atoms with Gasteiger partial charge in [-0.2, -0.15) is 0 Å². The normalized spacial score (nSPS) is 12.2. The van der Waals surface area contributed by atoms with Crippen LogP contribution in [0, 0.1) is 0 Å². The molecule has 0 saturated heterocycles. The molecule has 0 unspecified atom stereocenters. The zero-order valence-electron chi connectivity index (χ0n) is 14.5. The molecule has 1 heterocycles. The van der Waals surface area contributed by atoms with Crippen molar-refractivity contribution in [2.75, 3.05) is 12.4 Å². The van der Waals surface area contributed by atoms with Crippen molar-refractivity contribution in [2.45, 2.75) is 11.3 Å². The Hall–Kier alpha value is -2.83. The van der Waals surface area contributed by atoms with Gasteiger partial charge in [-0.3, -0.25) is 0 Å². The summed E-state index contributed by atoms with van der Waals surface area (Å²) in [5, 5.41) is 20.9. The van der Waals surface area contributed by atoms with Gasteiger partial charge >= 0.3 is 0 Å². The van der Waals surface area contributed by atoms with E-state index in [1.54, 1.807) is 0 Å². The van der Waals surface area contributed by atoms with Gasteiger partial charge in [0.2, 0.25) is 5.89 Å². The van der Waals surface area contributed by atoms with E-state index in [0.717, 1.165) is 22.1 Å². The zero-order valence-corrected chi connectivity index (χ0v) is 15.3. The SMILES string of the molecule is O[C@H](COc1cccc2ccccc12)CSc1nnc(-c2ccccc2)o1. The van der Waals surface area contributed by atoms with E-state index in [1.165, 1.54) is 11.8 Å². The molecule has 0 aliphatic heterocycles. The fourth-order valence-electron chi connectivity index (χ4n) is 2.69. The first-order valence-corrected chi connectivity index (χ1v) is 9.58. The summed E-state index contributed by atoms with van der Waals surface area (Å²) in [6, 6.07) is 23.5. The molecule has 0 radical (unpaired) electrons. The number of hydrogen-bond donors (Lipinski definition) is 1. The zero-order chi connectivity index (χ0) is 18.5. The Bertz CT molecular complexity index is 1010. The molecule has 0 bridgehead atoms. The van der Waals surface area contributed by atoms with E-state index in [-0.39, 0.29) is 6.61 Å². The van der Waals surface area contributed by atoms with E-state index in [0.29, 0.717) is 16.9 Å². The number of hydrogen-bond acceptors (Lipinski definition) is 6. The van der Waals surface area contributed by atoms with Crippen molar-refractivity contribution in [3.8, 4) is 17.2 Å². The van der Waals surface area contributed by atoms with Crippen LogP contribution < -0.4 is 4.74 Å². The quantitative estimate of drug-likeness (QED) is 0.480. The van der Waals surface area contributed by atoms with E-state index >= 15 is 0 Å². The average molecular weight is 378 g/mol. The maximum Gasteiger partial charge on any atom is 0.276 e. The summed E-state index contributed by atoms with van der Waals surface area (Å²) in [4.78, 5) is 0. The van der Waals surface area contributed by atoms with Crippen molar-refractivity contribution in [1.82, 2.24) is 10.2 Å². The second-order valence-electron chi connectivity index (χ2n) is 5.99. The maximum atomic E-state index is 10.2. The predicted octanol–water partition coefficient (Wildman–Crippen LogP) is 4.42. The molecule has 5 nitrogen and oxygen atoms in total. The van der Waals surface area contributed by atoms with Crippen LogP contribution in [0.2, 0.25) is 0 Å². The van der Waals surface area contributed by atoms with Crippen LogP contribution in [0.1, 0.15) is 0 Å². The highest BCUT2D eigenvalue weighted by Gasteiger charge is 2.13. The lowest BCUT2D eigenvalue weighted by atomic mass is 10.1. The smallest absolute Gasteiger partial charge is 0.276 e. The molecule has 136 valence electrons. The van der Waals surface area contributed by atoms with Gasteiger partial charge in [0, 0.05) is 16.7 Å². The molecular formula is C21H18N2O3S. The lowest BCUT2D eigenvalue weighted by Crippen LogP contribution is -2.20. The van der Waals surface area contributed by atoms with E-state index in [1.807, 2.05) is 72.8 Å². The average Bonchev–Trinajstić information content (AvgIpc) is 3.20. The minimum atomic E-state index is -0.652. The van der Waals surface area contributed by atoms with E-state index in [9.17, 15) is 5.11 Å². The second-order valence-corrected chi connectivity index (χ2v) is 6.96. The first-order chi connectivity index (χ1) is 13.3. The molecule has 3 aromatic carbocycles. The largest absolute Gasteiger partial charge is 0.490 e. The molecule has 0 fully saturated rings. The van der Waals surface area contributed by atoms with Gasteiger partial charge in [-0.25, -0.2) is 0 Å². The van der Waals surface area contributed by atoms with Crippen LogP contribution in [0.25, 0.3) is 22.2 Å². The Morgan fingerprint density at radius 2 is 1.70 bits per heavy atom. The molecule has 1 aromatic heterocycles. The molecule has 4 rings (SSSR count). The molecule has 27 heavy (non-hydrogen) atoms. The number of aromatic nitrogens is 2. The number of rotatable bonds is 7. The van der Waals surface area contributed by atoms with Crippen LogP contribution in [0.4, 0.5) is 0 Å². The van der Waals surface area contributed by atoms with Crippen molar-refractivity contribution in [1.29, 1.82) is 0 Å². The molecule has 0 amide bonds. The number of benzene rings is 3. The Labute approximate surface area is 161 Å². The summed E-state index contributed by atoms with van der Waals surface area (Å²) < 4.78 is 11.4. The molecule has 0 spiro atoms. The van der Waals surface area contributed by atoms with Crippen molar-refractivity contribution in [3.63, 3.8) is 0 Å². The molecular weight excluding hydrogens is 360 g/mol. The van der Waals surface area contributed by atoms with Gasteiger partial charge < -0.3 is 14.3 Å². The van der Waals surface area contributed by atoms with Crippen LogP contribution >= 0.6 is 11.8 Å². The van der Waals surface area contributed by atoms with Crippen molar-refractivity contribution < 1.29 is 14.3 Å². The summed E-state index contributed by atoms with van der Waals surface area (Å²) in [6.45, 7) is 0.195. The van der Waals surface area contributed by atoms with Crippen molar-refractivity contribution >= 4 is 22.5 Å². The molecule has 1 N–H and O–H groups in total. The third-order valence-electron chi connectivity index (χ3n) is 4.01. The molecule has 1 atom stereocenters. The van der Waals surface area contributed by atoms with Gasteiger partial charge in [0.1, 0.15) is 12.4 Å². The number of ether oxygens (including phenoxy) is 1. The van der Waals surface area contributed by atoms with E-state index in [4.69, 9.17) is 9.15 Å². The third-order valence-corrected chi connectivity index (χ3v) is 4.97. The Morgan fingerprint density at radius 1 is 0.926 bits per heavy atom. The number of fused-ring (bicyclic) bond motifs is 1. The van der Waals surface area contributed by atoms with Gasteiger partial charge in [0.15, 0.2) is 0 Å². The number of thioether (sulfide) groups is 1. The number of aliphatic hydroxyl groups is 1. The minimum absolute atomic E-state index is 0.195. The van der Waals surface area contributed by atoms with Gasteiger partial charge in [0.25, 0.3) is 5.22 Å². The summed E-state index contributed by atoms with van der Waals surface area (Å²) in [5.74, 6) is 1.64. The highest BCUT2D eigenvalue weighted by molar-refractivity contribution is 7.99. The topological polar surface area (TPSA) is 68.4 Å². The molecule has 0 aliphatic rings. The minimum Gasteiger partial charge on any atom is -0.490 e. The highest BCUT2D eigenvalue weighted by Crippen LogP contribution is 2.26. The Morgan fingerprint density at radius 3 is 2.59 bits per heavy atom. The van der Waals surface area contributed by atoms with Crippen LogP contribution in [0.15, 0.2) is 82.4 Å². The van der Waals surface area contributed by atoms with E-state index in [2.05, 4.69) is 10.2 Å². The predicted molar refractivity (Wildman–Crippen MR) is 106 cm³/mol. The molecule has 0 aliphatic carbocycles. The Kier molecular flexibility index (Phi) is 5.37. The first kappa shape index (κ1) is 17.6. The van der Waals surface area contributed by atoms with E-state index < -0.39 is 6.10 Å². The fraction of sp³-hybridized carbons (Fsp3) is 0.143. The summed E-state index contributed by atoms with van der Waals surface area (Å²) in [5.41, 5.74) is 0.872. The fourth-order valence-corrected chi connectivity index (χ4v) is 3.36. The first-order valence-electron chi connectivity index (χ1n) is 8.60. The Balaban J connectivity index is 1.32. The van der Waals surface area contributed by atoms with Crippen LogP contribution in [0.3, 0.4) is 0 Å². The molecule has 4 aromatic rings. The molecule has 0 saturated carbocycles. The summed E-state index contributed by atoms with van der Waals surface area (Å²) >= 11 is 1.31. The summed E-state index contributed by atoms with van der Waals surface area (Å²) in [6.07, 6.45) is -0.652. The monoisotopic (exact) mass is 378 g/mol. The van der Waals surface area contributed by atoms with Crippen molar-refractivity contribution in [2.24, 2.45) is 0 Å². The maximum absolute atomic E-state index is 10.2. The van der Waals surface area contributed by atoms with Crippen LogP contribution in [0.5, 0.6) is 5.75 Å². The van der Waals surface area contributed by atoms with Crippen molar-refractivity contribution in [3.05, 3.63) is 72.8 Å².